The minimum Gasteiger partial charge on any atom is -0.391 e. The summed E-state index contributed by atoms with van der Waals surface area (Å²) in [4.78, 5) is 0. The van der Waals surface area contributed by atoms with Gasteiger partial charge in [-0.15, -0.1) is 0 Å². The van der Waals surface area contributed by atoms with Gasteiger partial charge in [0.2, 0.25) is 0 Å². The third kappa shape index (κ3) is 1.46. The summed E-state index contributed by atoms with van der Waals surface area (Å²) in [6.45, 7) is 1.22. The van der Waals surface area contributed by atoms with Crippen LogP contribution in [-0.2, 0) is 0 Å². The van der Waals surface area contributed by atoms with Crippen LogP contribution in [0.1, 0.15) is 19.3 Å². The number of rotatable bonds is 3. The lowest BCUT2D eigenvalue weighted by Gasteiger charge is -2.22. The largest absolute Gasteiger partial charge is 0.391 e. The Hall–Kier alpha value is -0.0800. The van der Waals surface area contributed by atoms with E-state index >= 15 is 0 Å². The van der Waals surface area contributed by atoms with E-state index in [0.29, 0.717) is 6.61 Å². The molecule has 0 spiro atoms. The van der Waals surface area contributed by atoms with Crippen LogP contribution >= 0.6 is 0 Å². The third-order valence-corrected chi connectivity index (χ3v) is 1.78. The number of quaternary nitrogens is 1. The minimum atomic E-state index is 0.330. The van der Waals surface area contributed by atoms with E-state index in [4.69, 9.17) is 5.11 Å². The van der Waals surface area contributed by atoms with Crippen molar-refractivity contribution in [2.24, 2.45) is 0 Å². The van der Waals surface area contributed by atoms with Crippen molar-refractivity contribution in [1.82, 2.24) is 0 Å². The van der Waals surface area contributed by atoms with Crippen LogP contribution < -0.4 is 5.32 Å². The summed E-state index contributed by atoms with van der Waals surface area (Å²) < 4.78 is 0. The fourth-order valence-corrected chi connectivity index (χ4v) is 0.986. The summed E-state index contributed by atoms with van der Waals surface area (Å²) in [5.74, 6) is 0. The van der Waals surface area contributed by atoms with Gasteiger partial charge in [0.05, 0.1) is 19.2 Å². The normalized spacial score (nSPS) is 20.6. The van der Waals surface area contributed by atoms with Crippen molar-refractivity contribution < 1.29 is 10.4 Å². The zero-order valence-corrected chi connectivity index (χ0v) is 5.14. The van der Waals surface area contributed by atoms with E-state index < -0.39 is 0 Å². The van der Waals surface area contributed by atoms with Crippen LogP contribution in [0.3, 0.4) is 0 Å². The van der Waals surface area contributed by atoms with Crippen LogP contribution in [0.4, 0.5) is 0 Å². The van der Waals surface area contributed by atoms with Gasteiger partial charge in [-0.3, -0.25) is 0 Å². The maximum atomic E-state index is 8.40. The molecule has 0 aromatic heterocycles. The maximum absolute atomic E-state index is 8.40. The zero-order chi connectivity index (χ0) is 5.82. The third-order valence-electron chi connectivity index (χ3n) is 1.78. The molecule has 2 heteroatoms. The molecule has 0 unspecified atom stereocenters. The quantitative estimate of drug-likeness (QED) is 0.492. The number of aliphatic hydroxyl groups excluding tert-OH is 1. The van der Waals surface area contributed by atoms with Crippen molar-refractivity contribution in [3.63, 3.8) is 0 Å². The van der Waals surface area contributed by atoms with Gasteiger partial charge in [-0.05, 0) is 19.3 Å². The van der Waals surface area contributed by atoms with Gasteiger partial charge in [-0.2, -0.15) is 0 Å². The molecule has 1 rings (SSSR count). The number of nitrogens with two attached hydrogens (primary N) is 1. The van der Waals surface area contributed by atoms with Crippen molar-refractivity contribution in [1.29, 1.82) is 0 Å². The lowest BCUT2D eigenvalue weighted by molar-refractivity contribution is -0.699. The minimum absolute atomic E-state index is 0.330. The number of hydrogen-bond acceptors (Lipinski definition) is 1. The van der Waals surface area contributed by atoms with Crippen LogP contribution in [0.2, 0.25) is 0 Å². The van der Waals surface area contributed by atoms with Crippen molar-refractivity contribution in [3.8, 4) is 0 Å². The molecule has 0 atom stereocenters. The monoisotopic (exact) mass is 116 g/mol. The Morgan fingerprint density at radius 2 is 2.25 bits per heavy atom. The predicted octanol–water partition coefficient (Wildman–Crippen LogP) is -0.905. The first-order valence-corrected chi connectivity index (χ1v) is 3.37. The molecule has 8 heavy (non-hydrogen) atoms. The van der Waals surface area contributed by atoms with E-state index in [1.165, 1.54) is 19.3 Å². The second kappa shape index (κ2) is 3.05. The van der Waals surface area contributed by atoms with E-state index in [9.17, 15) is 0 Å². The SMILES string of the molecule is OCC[NH2+]C1CCC1. The highest BCUT2D eigenvalue weighted by Crippen LogP contribution is 2.13. The topological polar surface area (TPSA) is 36.8 Å². The fourth-order valence-electron chi connectivity index (χ4n) is 0.986. The second-order valence-corrected chi connectivity index (χ2v) is 2.44. The average molecular weight is 116 g/mol. The summed E-state index contributed by atoms with van der Waals surface area (Å²) in [6, 6.07) is 0.849. The molecule has 1 fully saturated rings. The van der Waals surface area contributed by atoms with Crippen LogP contribution in [-0.4, -0.2) is 24.3 Å². The molecule has 0 aromatic carbocycles. The lowest BCUT2D eigenvalue weighted by Crippen LogP contribution is -2.92. The molecule has 1 saturated carbocycles. The fraction of sp³-hybridized carbons (Fsp3) is 1.00. The van der Waals surface area contributed by atoms with E-state index in [1.807, 2.05) is 0 Å². The molecule has 2 nitrogen and oxygen atoms in total. The van der Waals surface area contributed by atoms with Gasteiger partial charge in [0, 0.05) is 0 Å². The molecule has 0 amide bonds. The van der Waals surface area contributed by atoms with Gasteiger partial charge in [0.15, 0.2) is 0 Å². The molecule has 1 aliphatic carbocycles. The molecule has 0 aliphatic heterocycles. The Balaban J connectivity index is 1.86. The van der Waals surface area contributed by atoms with Gasteiger partial charge in [-0.25, -0.2) is 0 Å². The van der Waals surface area contributed by atoms with Crippen LogP contribution in [0.15, 0.2) is 0 Å². The van der Waals surface area contributed by atoms with Crippen molar-refractivity contribution in [3.05, 3.63) is 0 Å². The first kappa shape index (κ1) is 6.05. The van der Waals surface area contributed by atoms with Crippen molar-refractivity contribution in [2.45, 2.75) is 25.3 Å². The summed E-state index contributed by atoms with van der Waals surface area (Å²) >= 11 is 0. The molecular formula is C6H14NO+. The molecule has 0 bridgehead atoms. The summed E-state index contributed by atoms with van der Waals surface area (Å²) in [6.07, 6.45) is 4.12. The second-order valence-electron chi connectivity index (χ2n) is 2.44. The van der Waals surface area contributed by atoms with Gasteiger partial charge < -0.3 is 10.4 Å². The van der Waals surface area contributed by atoms with Crippen molar-refractivity contribution in [2.75, 3.05) is 13.2 Å². The van der Waals surface area contributed by atoms with Gasteiger partial charge in [0.25, 0.3) is 0 Å². The Bertz CT molecular complexity index is 61.5. The number of aliphatic hydroxyl groups is 1. The van der Waals surface area contributed by atoms with Crippen LogP contribution in [0, 0.1) is 0 Å². The molecule has 0 saturated heterocycles. The standard InChI is InChI=1S/C6H13NO/c8-5-4-7-6-2-1-3-6/h6-8H,1-5H2/p+1. The van der Waals surface area contributed by atoms with Crippen LogP contribution in [0.5, 0.6) is 0 Å². The lowest BCUT2D eigenvalue weighted by atomic mass is 9.93. The average Bonchev–Trinajstić information content (AvgIpc) is 1.63. The van der Waals surface area contributed by atoms with Crippen molar-refractivity contribution >= 4 is 0 Å². The summed E-state index contributed by atoms with van der Waals surface area (Å²) in [5, 5.41) is 10.6. The van der Waals surface area contributed by atoms with Gasteiger partial charge >= 0.3 is 0 Å². The smallest absolute Gasteiger partial charge is 0.0992 e. The Labute approximate surface area is 49.9 Å². The maximum Gasteiger partial charge on any atom is 0.0992 e. The first-order chi connectivity index (χ1) is 3.93. The van der Waals surface area contributed by atoms with E-state index in [0.717, 1.165) is 12.6 Å². The van der Waals surface area contributed by atoms with E-state index in [-0.39, 0.29) is 0 Å². The number of hydrogen-bond donors (Lipinski definition) is 2. The Kier molecular flexibility index (Phi) is 2.30. The van der Waals surface area contributed by atoms with E-state index in [1.54, 1.807) is 0 Å². The Morgan fingerprint density at radius 1 is 1.50 bits per heavy atom. The molecule has 0 radical (unpaired) electrons. The zero-order valence-electron chi connectivity index (χ0n) is 5.14. The molecule has 48 valence electrons. The van der Waals surface area contributed by atoms with E-state index in [2.05, 4.69) is 5.32 Å². The summed E-state index contributed by atoms with van der Waals surface area (Å²) in [7, 11) is 0. The van der Waals surface area contributed by atoms with Gasteiger partial charge in [-0.1, -0.05) is 0 Å². The summed E-state index contributed by atoms with van der Waals surface area (Å²) in [5.41, 5.74) is 0. The molecule has 0 heterocycles. The van der Waals surface area contributed by atoms with Gasteiger partial charge in [0.1, 0.15) is 0 Å². The highest BCUT2D eigenvalue weighted by Gasteiger charge is 2.19. The molecule has 0 aromatic rings. The first-order valence-electron chi connectivity index (χ1n) is 3.37. The molecular weight excluding hydrogens is 102 g/mol. The molecule has 1 aliphatic rings. The van der Waals surface area contributed by atoms with Crippen LogP contribution in [0.25, 0.3) is 0 Å². The highest BCUT2D eigenvalue weighted by molar-refractivity contribution is 4.65. The highest BCUT2D eigenvalue weighted by atomic mass is 16.3. The Morgan fingerprint density at radius 3 is 2.62 bits per heavy atom. The molecule has 3 N–H and O–H groups in total. The predicted molar refractivity (Wildman–Crippen MR) is 31.5 cm³/mol.